The summed E-state index contributed by atoms with van der Waals surface area (Å²) in [6.07, 6.45) is 1.54. The Labute approximate surface area is 123 Å². The molecule has 2 aliphatic rings. The van der Waals surface area contributed by atoms with Crippen LogP contribution in [0.15, 0.2) is 16.9 Å². The van der Waals surface area contributed by atoms with Crippen molar-refractivity contribution in [2.24, 2.45) is 7.05 Å². The van der Waals surface area contributed by atoms with E-state index in [1.807, 2.05) is 15.9 Å². The van der Waals surface area contributed by atoms with E-state index in [0.29, 0.717) is 39.4 Å². The Bertz CT molecular complexity index is 590. The second kappa shape index (κ2) is 5.89. The van der Waals surface area contributed by atoms with Gasteiger partial charge in [0.25, 0.3) is 0 Å². The van der Waals surface area contributed by atoms with Crippen molar-refractivity contribution in [2.45, 2.75) is 12.8 Å². The molecule has 2 aliphatic heterocycles. The van der Waals surface area contributed by atoms with Crippen LogP contribution in [0.1, 0.15) is 11.3 Å². The molecule has 0 radical (unpaired) electrons. The van der Waals surface area contributed by atoms with Crippen LogP contribution >= 0.6 is 0 Å². The Kier molecular flexibility index (Phi) is 3.96. The van der Waals surface area contributed by atoms with E-state index >= 15 is 0 Å². The van der Waals surface area contributed by atoms with Gasteiger partial charge in [-0.05, 0) is 12.0 Å². The van der Waals surface area contributed by atoms with E-state index in [4.69, 9.17) is 4.74 Å². The van der Waals surface area contributed by atoms with Crippen LogP contribution in [-0.4, -0.2) is 59.8 Å². The first-order chi connectivity index (χ1) is 10.2. The largest absolute Gasteiger partial charge is 0.378 e. The van der Waals surface area contributed by atoms with Gasteiger partial charge >= 0.3 is 6.03 Å². The molecule has 1 aromatic heterocycles. The number of pyridine rings is 1. The quantitative estimate of drug-likeness (QED) is 0.688. The predicted molar refractivity (Wildman–Crippen MR) is 78.5 cm³/mol. The van der Waals surface area contributed by atoms with Crippen LogP contribution in [0.5, 0.6) is 0 Å². The first-order valence-corrected chi connectivity index (χ1v) is 7.46. The summed E-state index contributed by atoms with van der Waals surface area (Å²) in [5.41, 5.74) is 2.25. The maximum absolute atomic E-state index is 12.5. The number of carbonyl (C=O) groups is 1. The van der Waals surface area contributed by atoms with Crippen molar-refractivity contribution in [2.75, 3.05) is 39.4 Å². The van der Waals surface area contributed by atoms with Crippen LogP contribution in [0.25, 0.3) is 0 Å². The van der Waals surface area contributed by atoms with Gasteiger partial charge in [-0.2, -0.15) is 0 Å². The smallest absolute Gasteiger partial charge is 0.320 e. The maximum atomic E-state index is 12.5. The molecule has 0 spiro atoms. The number of hydrogen-bond acceptors (Lipinski definition) is 3. The zero-order chi connectivity index (χ0) is 14.8. The predicted octanol–water partition coefficient (Wildman–Crippen LogP) is 0.238. The number of ether oxygens (including phenoxy) is 1. The van der Waals surface area contributed by atoms with Gasteiger partial charge in [0.2, 0.25) is 5.56 Å². The third-order valence-corrected chi connectivity index (χ3v) is 4.35. The molecule has 0 atom stereocenters. The third-order valence-electron chi connectivity index (χ3n) is 4.35. The molecule has 0 bridgehead atoms. The monoisotopic (exact) mass is 291 g/mol. The van der Waals surface area contributed by atoms with Crippen molar-refractivity contribution in [3.05, 3.63) is 33.7 Å². The molecule has 0 unspecified atom stereocenters. The Balaban J connectivity index is 1.74. The molecule has 1 saturated heterocycles. The normalized spacial score (nSPS) is 19.1. The van der Waals surface area contributed by atoms with Gasteiger partial charge in [0.1, 0.15) is 0 Å². The number of hydrogen-bond donors (Lipinski definition) is 0. The second-order valence-electron chi connectivity index (χ2n) is 5.57. The van der Waals surface area contributed by atoms with Crippen molar-refractivity contribution in [3.8, 4) is 0 Å². The van der Waals surface area contributed by atoms with Gasteiger partial charge in [-0.15, -0.1) is 0 Å². The summed E-state index contributed by atoms with van der Waals surface area (Å²) in [6, 6.07) is 3.61. The number of aromatic nitrogens is 1. The molecule has 0 saturated carbocycles. The molecule has 2 amide bonds. The van der Waals surface area contributed by atoms with E-state index in [0.717, 1.165) is 18.5 Å². The number of fused-ring (bicyclic) bond motifs is 1. The van der Waals surface area contributed by atoms with E-state index < -0.39 is 0 Å². The molecule has 1 aromatic rings. The number of morpholine rings is 1. The highest BCUT2D eigenvalue weighted by molar-refractivity contribution is 5.74. The lowest BCUT2D eigenvalue weighted by Crippen LogP contribution is -2.48. The Hall–Kier alpha value is -1.82. The Morgan fingerprint density at radius 2 is 1.71 bits per heavy atom. The fourth-order valence-electron chi connectivity index (χ4n) is 3.04. The molecule has 6 heteroatoms. The summed E-state index contributed by atoms with van der Waals surface area (Å²) in [5.74, 6) is 0. The van der Waals surface area contributed by atoms with E-state index in [1.54, 1.807) is 17.7 Å². The van der Waals surface area contributed by atoms with Crippen molar-refractivity contribution >= 4 is 6.03 Å². The van der Waals surface area contributed by atoms with Gasteiger partial charge in [-0.3, -0.25) is 4.79 Å². The standard InChI is InChI=1S/C15H21N3O3/c1-16-13-5-7-17(6-4-12(13)2-3-14(16)19)15(20)18-8-10-21-11-9-18/h2-3H,4-11H2,1H3. The molecule has 3 rings (SSSR count). The molecular formula is C15H21N3O3. The number of carbonyl (C=O) groups excluding carboxylic acids is 1. The minimum Gasteiger partial charge on any atom is -0.378 e. The summed E-state index contributed by atoms with van der Waals surface area (Å²) >= 11 is 0. The van der Waals surface area contributed by atoms with E-state index in [9.17, 15) is 9.59 Å². The van der Waals surface area contributed by atoms with Crippen molar-refractivity contribution in [1.29, 1.82) is 0 Å². The summed E-state index contributed by atoms with van der Waals surface area (Å²) in [4.78, 5) is 28.0. The van der Waals surface area contributed by atoms with Gasteiger partial charge < -0.3 is 19.1 Å². The highest BCUT2D eigenvalue weighted by atomic mass is 16.5. The van der Waals surface area contributed by atoms with Gasteiger partial charge in [-0.25, -0.2) is 4.79 Å². The molecule has 21 heavy (non-hydrogen) atoms. The first kappa shape index (κ1) is 14.1. The summed E-state index contributed by atoms with van der Waals surface area (Å²) < 4.78 is 7.00. The average molecular weight is 291 g/mol. The summed E-state index contributed by atoms with van der Waals surface area (Å²) in [7, 11) is 1.81. The molecular weight excluding hydrogens is 270 g/mol. The minimum atomic E-state index is 0.0155. The maximum Gasteiger partial charge on any atom is 0.320 e. The summed E-state index contributed by atoms with van der Waals surface area (Å²) in [5, 5.41) is 0. The Morgan fingerprint density at radius 1 is 1.05 bits per heavy atom. The number of nitrogens with zero attached hydrogens (tertiary/aromatic N) is 3. The van der Waals surface area contributed by atoms with Crippen LogP contribution in [0.4, 0.5) is 4.79 Å². The lowest BCUT2D eigenvalue weighted by molar-refractivity contribution is 0.0436. The number of rotatable bonds is 0. The molecule has 6 nitrogen and oxygen atoms in total. The molecule has 114 valence electrons. The van der Waals surface area contributed by atoms with Crippen molar-refractivity contribution in [1.82, 2.24) is 14.4 Å². The number of urea groups is 1. The molecule has 1 fully saturated rings. The van der Waals surface area contributed by atoms with Gasteiger partial charge in [-0.1, -0.05) is 6.07 Å². The van der Waals surface area contributed by atoms with Crippen molar-refractivity contribution in [3.63, 3.8) is 0 Å². The van der Waals surface area contributed by atoms with Crippen molar-refractivity contribution < 1.29 is 9.53 Å². The lowest BCUT2D eigenvalue weighted by Gasteiger charge is -2.32. The molecule has 3 heterocycles. The third kappa shape index (κ3) is 2.81. The van der Waals surface area contributed by atoms with Gasteiger partial charge in [0.15, 0.2) is 0 Å². The Morgan fingerprint density at radius 3 is 2.48 bits per heavy atom. The zero-order valence-electron chi connectivity index (χ0n) is 12.4. The molecule has 0 N–H and O–H groups in total. The fourth-order valence-corrected chi connectivity index (χ4v) is 3.04. The summed E-state index contributed by atoms with van der Waals surface area (Å²) in [6.45, 7) is 3.95. The lowest BCUT2D eigenvalue weighted by atomic mass is 10.1. The second-order valence-corrected chi connectivity index (χ2v) is 5.57. The zero-order valence-corrected chi connectivity index (χ0v) is 12.4. The highest BCUT2D eigenvalue weighted by Crippen LogP contribution is 2.15. The highest BCUT2D eigenvalue weighted by Gasteiger charge is 2.25. The SMILES string of the molecule is Cn1c2c(ccc1=O)CCN(C(=O)N1CCOCC1)CC2. The topological polar surface area (TPSA) is 54.8 Å². The van der Waals surface area contributed by atoms with Crippen LogP contribution < -0.4 is 5.56 Å². The van der Waals surface area contributed by atoms with Crippen LogP contribution in [0, 0.1) is 0 Å². The van der Waals surface area contributed by atoms with E-state index in [2.05, 4.69) is 0 Å². The van der Waals surface area contributed by atoms with Crippen LogP contribution in [0.2, 0.25) is 0 Å². The first-order valence-electron chi connectivity index (χ1n) is 7.46. The molecule has 0 aliphatic carbocycles. The minimum absolute atomic E-state index is 0.0155. The van der Waals surface area contributed by atoms with E-state index in [-0.39, 0.29) is 11.6 Å². The van der Waals surface area contributed by atoms with Gasteiger partial charge in [0, 0.05) is 51.4 Å². The number of amides is 2. The van der Waals surface area contributed by atoms with Crippen LogP contribution in [-0.2, 0) is 24.6 Å². The average Bonchev–Trinajstić information content (AvgIpc) is 2.74. The van der Waals surface area contributed by atoms with E-state index in [1.165, 1.54) is 5.56 Å². The fraction of sp³-hybridized carbons (Fsp3) is 0.600. The van der Waals surface area contributed by atoms with Crippen LogP contribution in [0.3, 0.4) is 0 Å². The molecule has 0 aromatic carbocycles. The van der Waals surface area contributed by atoms with Gasteiger partial charge in [0.05, 0.1) is 13.2 Å².